The van der Waals surface area contributed by atoms with Crippen molar-refractivity contribution in [2.45, 2.75) is 46.1 Å². The van der Waals surface area contributed by atoms with Gasteiger partial charge in [0, 0.05) is 29.9 Å². The normalized spacial score (nSPS) is 18.6. The summed E-state index contributed by atoms with van der Waals surface area (Å²) in [6, 6.07) is 23.4. The number of amidine groups is 1. The highest BCUT2D eigenvalue weighted by molar-refractivity contribution is 8.18. The molecule has 3 aromatic rings. The summed E-state index contributed by atoms with van der Waals surface area (Å²) in [6.45, 7) is 9.75. The molecule has 200 valence electrons. The van der Waals surface area contributed by atoms with Gasteiger partial charge in [0.2, 0.25) is 0 Å². The molecule has 0 N–H and O–H groups in total. The van der Waals surface area contributed by atoms with Crippen molar-refractivity contribution in [2.75, 3.05) is 18.0 Å². The Morgan fingerprint density at radius 1 is 1.03 bits per heavy atom. The number of nitrogens with zero attached hydrogens (tertiary/aromatic N) is 3. The summed E-state index contributed by atoms with van der Waals surface area (Å²) in [5.41, 5.74) is 5.23. The fourth-order valence-electron chi connectivity index (χ4n) is 5.43. The summed E-state index contributed by atoms with van der Waals surface area (Å²) in [4.78, 5) is 22.8. The number of hydrogen-bond acceptors (Lipinski definition) is 4. The predicted octanol–water partition coefficient (Wildman–Crippen LogP) is 8.08. The van der Waals surface area contributed by atoms with Crippen molar-refractivity contribution in [3.05, 3.63) is 106 Å². The Labute approximate surface area is 234 Å². The molecule has 3 aromatic carbocycles. The summed E-state index contributed by atoms with van der Waals surface area (Å²) in [6.07, 6.45) is 5.57. The van der Waals surface area contributed by atoms with Gasteiger partial charge in [0.25, 0.3) is 5.91 Å². The molecule has 0 aromatic heterocycles. The van der Waals surface area contributed by atoms with E-state index in [9.17, 15) is 4.79 Å². The standard InChI is InChI=1S/C33H34FN3OS/c1-5-37-29-21-28(34)25(19-27(29)23(2)22-33(37,3)4)20-30-31(38)36(18-12-15-24-13-8-6-9-14-24)32(39-30)35-26-16-10-7-11-17-26/h6-11,13-14,16-17,19-22H,5,12,15,18H2,1-4H3/b30-20+,35-32?. The minimum Gasteiger partial charge on any atom is -0.363 e. The number of hydrogen-bond donors (Lipinski definition) is 0. The van der Waals surface area contributed by atoms with Crippen LogP contribution in [0.25, 0.3) is 11.6 Å². The van der Waals surface area contributed by atoms with Crippen molar-refractivity contribution in [3.8, 4) is 0 Å². The van der Waals surface area contributed by atoms with Crippen LogP contribution in [-0.4, -0.2) is 34.6 Å². The number of anilines is 1. The van der Waals surface area contributed by atoms with Crippen molar-refractivity contribution < 1.29 is 9.18 Å². The maximum Gasteiger partial charge on any atom is 0.266 e. The fraction of sp³-hybridized carbons (Fsp3) is 0.273. The number of likely N-dealkylation sites (N-methyl/N-ethyl adjacent to an activating group) is 1. The van der Waals surface area contributed by atoms with Gasteiger partial charge in [-0.2, -0.15) is 0 Å². The Morgan fingerprint density at radius 3 is 2.41 bits per heavy atom. The molecule has 6 heteroatoms. The summed E-state index contributed by atoms with van der Waals surface area (Å²) < 4.78 is 15.5. The number of amides is 1. The van der Waals surface area contributed by atoms with Crippen molar-refractivity contribution >= 4 is 45.9 Å². The molecule has 0 unspecified atom stereocenters. The van der Waals surface area contributed by atoms with Gasteiger partial charge in [-0.3, -0.25) is 9.69 Å². The second kappa shape index (κ2) is 11.2. The number of halogens is 1. The van der Waals surface area contributed by atoms with Gasteiger partial charge in [-0.1, -0.05) is 54.6 Å². The molecule has 4 nitrogen and oxygen atoms in total. The van der Waals surface area contributed by atoms with Crippen molar-refractivity contribution in [2.24, 2.45) is 4.99 Å². The van der Waals surface area contributed by atoms with Crippen molar-refractivity contribution in [3.63, 3.8) is 0 Å². The Hall–Kier alpha value is -3.64. The fourth-order valence-corrected chi connectivity index (χ4v) is 6.45. The van der Waals surface area contributed by atoms with Crippen molar-refractivity contribution in [1.29, 1.82) is 0 Å². The minimum absolute atomic E-state index is 0.136. The topological polar surface area (TPSA) is 35.9 Å². The molecule has 0 bridgehead atoms. The van der Waals surface area contributed by atoms with Gasteiger partial charge in [0.1, 0.15) is 5.82 Å². The lowest BCUT2D eigenvalue weighted by atomic mass is 9.88. The van der Waals surface area contributed by atoms with Crippen LogP contribution < -0.4 is 4.90 Å². The lowest BCUT2D eigenvalue weighted by Crippen LogP contribution is -2.45. The van der Waals surface area contributed by atoms with Gasteiger partial charge in [0.15, 0.2) is 5.17 Å². The number of allylic oxidation sites excluding steroid dienone is 1. The van der Waals surface area contributed by atoms with Crippen LogP contribution in [0.4, 0.5) is 15.8 Å². The number of fused-ring (bicyclic) bond motifs is 1. The summed E-state index contributed by atoms with van der Waals surface area (Å²) >= 11 is 1.31. The van der Waals surface area contributed by atoms with Gasteiger partial charge < -0.3 is 4.90 Å². The first-order valence-corrected chi connectivity index (χ1v) is 14.3. The number of aryl methyl sites for hydroxylation is 1. The molecule has 2 heterocycles. The van der Waals surface area contributed by atoms with Crippen molar-refractivity contribution in [1.82, 2.24) is 4.90 Å². The van der Waals surface area contributed by atoms with Gasteiger partial charge >= 0.3 is 0 Å². The van der Waals surface area contributed by atoms with E-state index in [1.165, 1.54) is 17.3 Å². The molecule has 39 heavy (non-hydrogen) atoms. The smallest absolute Gasteiger partial charge is 0.266 e. The van der Waals surface area contributed by atoms with Gasteiger partial charge in [-0.05, 0) is 93.8 Å². The molecule has 1 amide bonds. The molecule has 1 fully saturated rings. The number of thioether (sulfide) groups is 1. The zero-order valence-corrected chi connectivity index (χ0v) is 23.8. The van der Waals surface area contributed by atoms with Gasteiger partial charge in [-0.25, -0.2) is 9.38 Å². The van der Waals surface area contributed by atoms with Crippen LogP contribution in [0.3, 0.4) is 0 Å². The molecule has 0 spiro atoms. The molecule has 0 aliphatic carbocycles. The number of carbonyl (C=O) groups excluding carboxylic acids is 1. The minimum atomic E-state index is -0.331. The Balaban J connectivity index is 1.46. The first kappa shape index (κ1) is 26.9. The first-order chi connectivity index (χ1) is 18.8. The molecule has 0 atom stereocenters. The highest BCUT2D eigenvalue weighted by Gasteiger charge is 2.34. The Bertz CT molecular complexity index is 1460. The van der Waals surface area contributed by atoms with E-state index in [1.807, 2.05) is 54.6 Å². The van der Waals surface area contributed by atoms with Crippen LogP contribution >= 0.6 is 11.8 Å². The molecule has 0 saturated carbocycles. The highest BCUT2D eigenvalue weighted by Crippen LogP contribution is 2.41. The molecule has 0 radical (unpaired) electrons. The maximum absolute atomic E-state index is 15.5. The van der Waals surface area contributed by atoms with E-state index in [-0.39, 0.29) is 17.3 Å². The van der Waals surface area contributed by atoms with E-state index in [2.05, 4.69) is 50.8 Å². The zero-order valence-electron chi connectivity index (χ0n) is 22.9. The van der Waals surface area contributed by atoms with Gasteiger partial charge in [0.05, 0.1) is 16.1 Å². The van der Waals surface area contributed by atoms with Crippen LogP contribution in [0.15, 0.2) is 88.8 Å². The van der Waals surface area contributed by atoms with E-state index in [0.29, 0.717) is 22.2 Å². The molecule has 5 rings (SSSR count). The SMILES string of the molecule is CCN1c2cc(F)c(/C=C3/SC(=Nc4ccccc4)N(CCCc4ccccc4)C3=O)cc2C(C)=CC1(C)C. The molecule has 2 aliphatic heterocycles. The Morgan fingerprint density at radius 2 is 1.72 bits per heavy atom. The molecule has 1 saturated heterocycles. The van der Waals surface area contributed by atoms with Crippen LogP contribution in [0.1, 0.15) is 50.8 Å². The van der Waals surface area contributed by atoms with E-state index >= 15 is 4.39 Å². The third-order valence-corrected chi connectivity index (χ3v) is 8.26. The number of rotatable bonds is 7. The number of para-hydroxylation sites is 1. The third-order valence-electron chi connectivity index (χ3n) is 7.26. The molecular formula is C33H34FN3OS. The van der Waals surface area contributed by atoms with E-state index < -0.39 is 0 Å². The first-order valence-electron chi connectivity index (χ1n) is 13.5. The summed E-state index contributed by atoms with van der Waals surface area (Å²) in [5.74, 6) is -0.467. The van der Waals surface area contributed by atoms with Crippen LogP contribution in [0.5, 0.6) is 0 Å². The van der Waals surface area contributed by atoms with E-state index in [1.54, 1.807) is 17.0 Å². The molecular weight excluding hydrogens is 505 g/mol. The average Bonchev–Trinajstić information content (AvgIpc) is 3.19. The molecule has 2 aliphatic rings. The predicted molar refractivity (Wildman–Crippen MR) is 163 cm³/mol. The van der Waals surface area contributed by atoms with Gasteiger partial charge in [-0.15, -0.1) is 0 Å². The monoisotopic (exact) mass is 539 g/mol. The largest absolute Gasteiger partial charge is 0.363 e. The second-order valence-electron chi connectivity index (χ2n) is 10.5. The summed E-state index contributed by atoms with van der Waals surface area (Å²) in [5, 5.41) is 0.624. The second-order valence-corrected chi connectivity index (χ2v) is 11.5. The number of benzene rings is 3. The maximum atomic E-state index is 15.5. The average molecular weight is 540 g/mol. The van der Waals surface area contributed by atoms with Crippen LogP contribution in [0, 0.1) is 5.82 Å². The Kier molecular flexibility index (Phi) is 7.76. The number of carbonyl (C=O) groups is 1. The summed E-state index contributed by atoms with van der Waals surface area (Å²) in [7, 11) is 0. The third kappa shape index (κ3) is 5.71. The lowest BCUT2D eigenvalue weighted by Gasteiger charge is -2.42. The van der Waals surface area contributed by atoms with E-state index in [0.717, 1.165) is 41.9 Å². The van der Waals surface area contributed by atoms with Crippen LogP contribution in [0.2, 0.25) is 0 Å². The van der Waals surface area contributed by atoms with Crippen LogP contribution in [-0.2, 0) is 11.2 Å². The lowest BCUT2D eigenvalue weighted by molar-refractivity contribution is -0.122. The zero-order chi connectivity index (χ0) is 27.6. The van der Waals surface area contributed by atoms with E-state index in [4.69, 9.17) is 4.99 Å². The number of aliphatic imine (C=N–C) groups is 1. The highest BCUT2D eigenvalue weighted by atomic mass is 32.2. The quantitative estimate of drug-likeness (QED) is 0.285.